The summed E-state index contributed by atoms with van der Waals surface area (Å²) in [6.07, 6.45) is 3.47. The number of benzene rings is 1. The van der Waals surface area contributed by atoms with Gasteiger partial charge in [0, 0.05) is 18.0 Å². The van der Waals surface area contributed by atoms with Crippen molar-refractivity contribution in [3.05, 3.63) is 54.2 Å². The normalized spacial score (nSPS) is 10.6. The molecule has 0 atom stereocenters. The molecule has 21 heavy (non-hydrogen) atoms. The van der Waals surface area contributed by atoms with E-state index in [-0.39, 0.29) is 0 Å². The molecule has 1 aromatic carbocycles. The number of anilines is 1. The quantitative estimate of drug-likeness (QED) is 0.387. The van der Waals surface area contributed by atoms with Gasteiger partial charge in [-0.05, 0) is 17.7 Å². The van der Waals surface area contributed by atoms with Crippen LogP contribution in [0.5, 0.6) is 5.88 Å². The van der Waals surface area contributed by atoms with E-state index in [1.165, 1.54) is 0 Å². The van der Waals surface area contributed by atoms with Gasteiger partial charge in [-0.3, -0.25) is 5.32 Å². The Bertz CT molecular complexity index is 649. The van der Waals surface area contributed by atoms with Gasteiger partial charge in [-0.2, -0.15) is 5.26 Å². The van der Waals surface area contributed by atoms with E-state index in [1.54, 1.807) is 25.4 Å². The number of nitrogens with one attached hydrogen (secondary N) is 2. The summed E-state index contributed by atoms with van der Waals surface area (Å²) in [4.78, 5) is 8.35. The van der Waals surface area contributed by atoms with Gasteiger partial charge in [0.05, 0.1) is 13.7 Å². The van der Waals surface area contributed by atoms with Crippen molar-refractivity contribution >= 4 is 11.6 Å². The second kappa shape index (κ2) is 7.50. The van der Waals surface area contributed by atoms with Crippen LogP contribution in [0.3, 0.4) is 0 Å². The summed E-state index contributed by atoms with van der Waals surface area (Å²) in [5.41, 5.74) is 1.75. The number of nitrogens with zero attached hydrogens (tertiary/aromatic N) is 3. The Balaban J connectivity index is 2.09. The zero-order valence-corrected chi connectivity index (χ0v) is 11.5. The Morgan fingerprint density at radius 1 is 1.43 bits per heavy atom. The van der Waals surface area contributed by atoms with Crippen LogP contribution in [-0.2, 0) is 6.54 Å². The molecule has 0 unspecified atom stereocenters. The van der Waals surface area contributed by atoms with Crippen molar-refractivity contribution in [2.24, 2.45) is 4.99 Å². The number of rotatable bonds is 4. The Morgan fingerprint density at radius 3 is 2.95 bits per heavy atom. The maximum atomic E-state index is 8.79. The summed E-state index contributed by atoms with van der Waals surface area (Å²) in [7, 11) is 1.54. The fraction of sp³-hybridized carbons (Fsp3) is 0.133. The van der Waals surface area contributed by atoms with Crippen LogP contribution in [0.15, 0.2) is 47.6 Å². The standard InChI is InChI=1S/C15H14N5O/c1-21-14-9-13(7-8-17-14)20-15(19-11-16)18-10-12-5-3-2-4-6-12/h3-9H,10H2,1H3,(H2,17,18,19,20). The molecule has 0 fully saturated rings. The molecular formula is C15H14N5O. The second-order valence-electron chi connectivity index (χ2n) is 4.02. The molecular weight excluding hydrogens is 266 g/mol. The van der Waals surface area contributed by atoms with Crippen molar-refractivity contribution in [1.82, 2.24) is 10.3 Å². The third-order valence-electron chi connectivity index (χ3n) is 2.59. The minimum atomic E-state index is 0.360. The first-order valence-corrected chi connectivity index (χ1v) is 6.23. The zero-order valence-electron chi connectivity index (χ0n) is 11.5. The highest BCUT2D eigenvalue weighted by molar-refractivity contribution is 5.94. The van der Waals surface area contributed by atoms with Crippen molar-refractivity contribution in [3.63, 3.8) is 0 Å². The second-order valence-corrected chi connectivity index (χ2v) is 4.02. The molecule has 0 saturated heterocycles. The fourth-order valence-electron chi connectivity index (χ4n) is 1.60. The highest BCUT2D eigenvalue weighted by Crippen LogP contribution is 2.13. The molecule has 1 radical (unpaired) electrons. The molecule has 6 heteroatoms. The van der Waals surface area contributed by atoms with Crippen LogP contribution in [0, 0.1) is 17.5 Å². The predicted octanol–water partition coefficient (Wildman–Crippen LogP) is 1.93. The summed E-state index contributed by atoms with van der Waals surface area (Å²) >= 11 is 0. The number of nitriles is 1. The molecule has 2 rings (SSSR count). The minimum absolute atomic E-state index is 0.360. The smallest absolute Gasteiger partial charge is 0.214 e. The molecule has 105 valence electrons. The predicted molar refractivity (Wildman–Crippen MR) is 79.6 cm³/mol. The first-order valence-electron chi connectivity index (χ1n) is 6.23. The van der Waals surface area contributed by atoms with Crippen molar-refractivity contribution in [1.29, 1.82) is 5.26 Å². The molecule has 6 nitrogen and oxygen atoms in total. The van der Waals surface area contributed by atoms with Crippen molar-refractivity contribution < 1.29 is 4.74 Å². The topological polar surface area (TPSA) is 82.3 Å². The van der Waals surface area contributed by atoms with Crippen LogP contribution in [0.2, 0.25) is 0 Å². The van der Waals surface area contributed by atoms with Gasteiger partial charge in [0.25, 0.3) is 0 Å². The van der Waals surface area contributed by atoms with E-state index in [1.807, 2.05) is 30.5 Å². The highest BCUT2D eigenvalue weighted by Gasteiger charge is 2.01. The number of aliphatic imine (C=N–C) groups is 1. The molecule has 2 aromatic rings. The first-order chi connectivity index (χ1) is 10.3. The summed E-state index contributed by atoms with van der Waals surface area (Å²) in [6, 6.07) is 13.9. The lowest BCUT2D eigenvalue weighted by Crippen LogP contribution is -2.26. The van der Waals surface area contributed by atoms with E-state index in [9.17, 15) is 0 Å². The lowest BCUT2D eigenvalue weighted by atomic mass is 10.2. The number of ether oxygens (including phenoxy) is 1. The van der Waals surface area contributed by atoms with Crippen LogP contribution in [-0.4, -0.2) is 18.1 Å². The number of hydrogen-bond acceptors (Lipinski definition) is 4. The maximum Gasteiger partial charge on any atom is 0.214 e. The molecule has 2 N–H and O–H groups in total. The van der Waals surface area contributed by atoms with Gasteiger partial charge in [-0.1, -0.05) is 24.3 Å². The van der Waals surface area contributed by atoms with Gasteiger partial charge in [-0.15, -0.1) is 0 Å². The van der Waals surface area contributed by atoms with Crippen molar-refractivity contribution in [3.8, 4) is 12.1 Å². The largest absolute Gasteiger partial charge is 0.481 e. The third-order valence-corrected chi connectivity index (χ3v) is 2.59. The molecule has 1 aromatic heterocycles. The molecule has 0 aliphatic carbocycles. The lowest BCUT2D eigenvalue weighted by molar-refractivity contribution is 0.398. The van der Waals surface area contributed by atoms with Crippen molar-refractivity contribution in [2.75, 3.05) is 12.4 Å². The molecule has 0 aliphatic rings. The zero-order chi connectivity index (χ0) is 14.9. The van der Waals surface area contributed by atoms with E-state index in [0.717, 1.165) is 11.3 Å². The first kappa shape index (κ1) is 14.3. The molecule has 0 bridgehead atoms. The van der Waals surface area contributed by atoms with Gasteiger partial charge < -0.3 is 10.1 Å². The van der Waals surface area contributed by atoms with Gasteiger partial charge in [-0.25, -0.2) is 9.98 Å². The third kappa shape index (κ3) is 4.51. The monoisotopic (exact) mass is 280 g/mol. The Hall–Kier alpha value is -3.07. The maximum absolute atomic E-state index is 8.79. The average molecular weight is 280 g/mol. The van der Waals surface area contributed by atoms with E-state index in [2.05, 4.69) is 26.7 Å². The van der Waals surface area contributed by atoms with Gasteiger partial charge >= 0.3 is 0 Å². The van der Waals surface area contributed by atoms with Crippen LogP contribution >= 0.6 is 0 Å². The average Bonchev–Trinajstić information content (AvgIpc) is 2.54. The molecule has 0 saturated carbocycles. The Labute approximate surface area is 123 Å². The summed E-state index contributed by atoms with van der Waals surface area (Å²) < 4.78 is 5.05. The van der Waals surface area contributed by atoms with Gasteiger partial charge in [0.1, 0.15) is 0 Å². The molecule has 0 spiro atoms. The van der Waals surface area contributed by atoms with Crippen LogP contribution < -0.4 is 15.4 Å². The molecule has 0 aliphatic heterocycles. The molecule has 1 heterocycles. The van der Waals surface area contributed by atoms with Gasteiger partial charge in [0.15, 0.2) is 6.19 Å². The van der Waals surface area contributed by atoms with E-state index >= 15 is 0 Å². The summed E-state index contributed by atoms with van der Waals surface area (Å²) in [5.74, 6) is 0.841. The molecule has 0 amide bonds. The number of hydrogen-bond donors (Lipinski definition) is 2. The Kier molecular flexibility index (Phi) is 5.12. The van der Waals surface area contributed by atoms with Crippen LogP contribution in [0.25, 0.3) is 0 Å². The SMILES string of the molecule is COc1cc(NC(=NCc2cc[c]cc2)NC#N)ccn1. The van der Waals surface area contributed by atoms with Crippen LogP contribution in [0.4, 0.5) is 5.69 Å². The van der Waals surface area contributed by atoms with Crippen LogP contribution in [0.1, 0.15) is 5.56 Å². The highest BCUT2D eigenvalue weighted by atomic mass is 16.5. The lowest BCUT2D eigenvalue weighted by Gasteiger charge is -2.08. The summed E-state index contributed by atoms with van der Waals surface area (Å²) in [6.45, 7) is 0.452. The number of guanidine groups is 1. The van der Waals surface area contributed by atoms with Gasteiger partial charge in [0.2, 0.25) is 11.8 Å². The fourth-order valence-corrected chi connectivity index (χ4v) is 1.60. The van der Waals surface area contributed by atoms with Crippen molar-refractivity contribution in [2.45, 2.75) is 6.54 Å². The van der Waals surface area contributed by atoms with E-state index in [4.69, 9.17) is 10.00 Å². The minimum Gasteiger partial charge on any atom is -0.481 e. The number of methoxy groups -OCH3 is 1. The van der Waals surface area contributed by atoms with E-state index in [0.29, 0.717) is 18.4 Å². The number of aromatic nitrogens is 1. The Morgan fingerprint density at radius 2 is 2.24 bits per heavy atom. The summed E-state index contributed by atoms with van der Waals surface area (Å²) in [5, 5.41) is 14.3. The number of pyridine rings is 1. The van der Waals surface area contributed by atoms with E-state index < -0.39 is 0 Å².